The minimum Gasteiger partial charge on any atom is -0.452 e. The third kappa shape index (κ3) is 5.38. The molecule has 2 aromatic carbocycles. The zero-order chi connectivity index (χ0) is 26.0. The molecular formula is C22H14Br3ClN6O4. The fraction of sp³-hybridized carbons (Fsp3) is 0.0455. The summed E-state index contributed by atoms with van der Waals surface area (Å²) in [5.41, 5.74) is 4.71. The number of carbonyl (C=O) groups excluding carboxylic acids is 3. The van der Waals surface area contributed by atoms with Crippen molar-refractivity contribution >= 4 is 93.8 Å². The molecule has 36 heavy (non-hydrogen) atoms. The van der Waals surface area contributed by atoms with Gasteiger partial charge < -0.3 is 10.1 Å². The molecule has 0 bridgehead atoms. The lowest BCUT2D eigenvalue weighted by Crippen LogP contribution is -2.41. The number of amides is 3. The molecule has 184 valence electrons. The number of nitrogens with one attached hydrogen (secondary N) is 3. The van der Waals surface area contributed by atoms with Crippen molar-refractivity contribution in [1.29, 1.82) is 0 Å². The number of halogens is 4. The smallest absolute Gasteiger partial charge is 0.425 e. The van der Waals surface area contributed by atoms with Crippen molar-refractivity contribution in [3.05, 3.63) is 78.5 Å². The molecule has 10 nitrogen and oxygen atoms in total. The topological polar surface area (TPSA) is 127 Å². The van der Waals surface area contributed by atoms with Gasteiger partial charge in [-0.25, -0.2) is 19.9 Å². The van der Waals surface area contributed by atoms with Gasteiger partial charge in [-0.1, -0.05) is 33.6 Å². The van der Waals surface area contributed by atoms with E-state index in [-0.39, 0.29) is 27.8 Å². The number of benzene rings is 2. The van der Waals surface area contributed by atoms with E-state index in [0.29, 0.717) is 14.5 Å². The fourth-order valence-electron chi connectivity index (χ4n) is 3.25. The van der Waals surface area contributed by atoms with Crippen molar-refractivity contribution in [3.63, 3.8) is 0 Å². The van der Waals surface area contributed by atoms with E-state index in [9.17, 15) is 14.4 Å². The minimum atomic E-state index is -0.863. The van der Waals surface area contributed by atoms with Crippen molar-refractivity contribution < 1.29 is 19.1 Å². The van der Waals surface area contributed by atoms with E-state index >= 15 is 0 Å². The molecule has 0 fully saturated rings. The molecule has 0 aliphatic carbocycles. The summed E-state index contributed by atoms with van der Waals surface area (Å²) in [7, 11) is 1.16. The molecule has 2 aromatic heterocycles. The average molecular weight is 702 g/mol. The van der Waals surface area contributed by atoms with Gasteiger partial charge in [-0.05, 0) is 73.0 Å². The van der Waals surface area contributed by atoms with Crippen molar-refractivity contribution in [2.45, 2.75) is 0 Å². The molecule has 4 rings (SSSR count). The van der Waals surface area contributed by atoms with Crippen LogP contribution in [0.25, 0.3) is 16.6 Å². The number of methoxy groups -OCH3 is 1. The predicted octanol–water partition coefficient (Wildman–Crippen LogP) is 5.61. The van der Waals surface area contributed by atoms with E-state index in [1.807, 2.05) is 18.2 Å². The Labute approximate surface area is 234 Å². The summed E-state index contributed by atoms with van der Waals surface area (Å²) in [6.45, 7) is 0. The number of anilines is 1. The Morgan fingerprint density at radius 1 is 1.03 bits per heavy atom. The lowest BCUT2D eigenvalue weighted by molar-refractivity contribution is 0.0921. The third-order valence-electron chi connectivity index (χ3n) is 4.84. The van der Waals surface area contributed by atoms with Crippen LogP contribution in [0.4, 0.5) is 10.5 Å². The largest absolute Gasteiger partial charge is 0.452 e. The van der Waals surface area contributed by atoms with Crippen molar-refractivity contribution in [1.82, 2.24) is 25.6 Å². The van der Waals surface area contributed by atoms with Crippen LogP contribution in [0.15, 0.2) is 62.2 Å². The van der Waals surface area contributed by atoms with Gasteiger partial charge in [-0.2, -0.15) is 5.10 Å². The molecule has 0 spiro atoms. The van der Waals surface area contributed by atoms with Crippen LogP contribution in [0, 0.1) is 0 Å². The van der Waals surface area contributed by atoms with E-state index in [1.165, 1.54) is 16.9 Å². The van der Waals surface area contributed by atoms with Gasteiger partial charge in [0.1, 0.15) is 10.3 Å². The quantitative estimate of drug-likeness (QED) is 0.238. The highest BCUT2D eigenvalue weighted by Gasteiger charge is 2.24. The van der Waals surface area contributed by atoms with Gasteiger partial charge in [0.05, 0.1) is 23.4 Å². The number of hydrazine groups is 1. The summed E-state index contributed by atoms with van der Waals surface area (Å²) < 4.78 is 7.38. The van der Waals surface area contributed by atoms with Crippen molar-refractivity contribution in [3.8, 4) is 5.82 Å². The second kappa shape index (κ2) is 10.9. The average Bonchev–Trinajstić information content (AvgIpc) is 3.25. The summed E-state index contributed by atoms with van der Waals surface area (Å²) in [6, 6.07) is 11.8. The maximum Gasteiger partial charge on any atom is 0.425 e. The van der Waals surface area contributed by atoms with E-state index < -0.39 is 17.9 Å². The van der Waals surface area contributed by atoms with Crippen LogP contribution in [-0.2, 0) is 4.74 Å². The second-order valence-electron chi connectivity index (χ2n) is 7.08. The van der Waals surface area contributed by atoms with Gasteiger partial charge in [-0.3, -0.25) is 15.0 Å². The van der Waals surface area contributed by atoms with E-state index in [4.69, 9.17) is 11.6 Å². The zero-order valence-electron chi connectivity index (χ0n) is 18.1. The van der Waals surface area contributed by atoms with Crippen LogP contribution in [0.5, 0.6) is 0 Å². The van der Waals surface area contributed by atoms with E-state index in [2.05, 4.69) is 78.8 Å². The van der Waals surface area contributed by atoms with Gasteiger partial charge >= 0.3 is 6.09 Å². The van der Waals surface area contributed by atoms with Crippen molar-refractivity contribution in [2.24, 2.45) is 0 Å². The number of ether oxygens (including phenoxy) is 1. The Hall–Kier alpha value is -3.00. The molecule has 0 unspecified atom stereocenters. The van der Waals surface area contributed by atoms with Gasteiger partial charge in [0, 0.05) is 21.2 Å². The molecule has 0 atom stereocenters. The van der Waals surface area contributed by atoms with Crippen LogP contribution in [0.3, 0.4) is 0 Å². The Kier molecular flexibility index (Phi) is 7.93. The van der Waals surface area contributed by atoms with Crippen LogP contribution in [-0.4, -0.2) is 39.8 Å². The molecule has 0 radical (unpaired) electrons. The van der Waals surface area contributed by atoms with E-state index in [0.717, 1.165) is 17.0 Å². The first-order valence-electron chi connectivity index (χ1n) is 9.93. The highest BCUT2D eigenvalue weighted by Crippen LogP contribution is 2.36. The molecule has 3 N–H and O–H groups in total. The Balaban J connectivity index is 1.79. The Bertz CT molecular complexity index is 1530. The molecule has 2 heterocycles. The lowest BCUT2D eigenvalue weighted by Gasteiger charge is -2.16. The molecule has 0 aliphatic heterocycles. The molecule has 0 aliphatic rings. The van der Waals surface area contributed by atoms with Crippen LogP contribution >= 0.6 is 59.4 Å². The molecule has 0 saturated carbocycles. The summed E-state index contributed by atoms with van der Waals surface area (Å²) in [5, 5.41) is 8.76. The number of aromatic nitrogens is 3. The third-order valence-corrected chi connectivity index (χ3v) is 6.84. The predicted molar refractivity (Wildman–Crippen MR) is 144 cm³/mol. The Morgan fingerprint density at radius 3 is 2.53 bits per heavy atom. The van der Waals surface area contributed by atoms with Gasteiger partial charge in [0.15, 0.2) is 5.82 Å². The standard InChI is InChI=1S/C22H14Br3ClN6O4/c1-36-22(35)30-29-20(33)13-8-10-7-11(23)4-5-12(10)17(25)18(13)28-21(34)15-9-16(24)31-32(15)19-14(26)3-2-6-27-19/h2-9H,1H3,(H,28,34)(H,29,33)(H,30,35). The van der Waals surface area contributed by atoms with Crippen LogP contribution < -0.4 is 16.2 Å². The number of hydrogen-bond acceptors (Lipinski definition) is 6. The monoisotopic (exact) mass is 698 g/mol. The SMILES string of the molecule is COC(=O)NNC(=O)c1cc2cc(Br)ccc2c(Br)c1NC(=O)c1cc(Br)nn1-c1ncccc1Cl. The molecule has 3 amide bonds. The minimum absolute atomic E-state index is 0.0678. The van der Waals surface area contributed by atoms with Crippen LogP contribution in [0.2, 0.25) is 5.02 Å². The first-order valence-corrected chi connectivity index (χ1v) is 12.7. The first-order chi connectivity index (χ1) is 17.2. The highest BCUT2D eigenvalue weighted by atomic mass is 79.9. The summed E-state index contributed by atoms with van der Waals surface area (Å²) >= 11 is 16.5. The number of carbonyl (C=O) groups is 3. The Morgan fingerprint density at radius 2 is 1.81 bits per heavy atom. The maximum atomic E-state index is 13.4. The van der Waals surface area contributed by atoms with Crippen molar-refractivity contribution in [2.75, 3.05) is 12.4 Å². The number of rotatable bonds is 4. The first kappa shape index (κ1) is 26.1. The molecule has 14 heteroatoms. The van der Waals surface area contributed by atoms with Gasteiger partial charge in [0.25, 0.3) is 11.8 Å². The summed E-state index contributed by atoms with van der Waals surface area (Å²) in [5.74, 6) is -1.04. The fourth-order valence-corrected chi connectivity index (χ4v) is 4.88. The van der Waals surface area contributed by atoms with Gasteiger partial charge in [-0.15, -0.1) is 0 Å². The number of nitrogens with zero attached hydrogens (tertiary/aromatic N) is 3. The highest BCUT2D eigenvalue weighted by molar-refractivity contribution is 9.11. The maximum absolute atomic E-state index is 13.4. The summed E-state index contributed by atoms with van der Waals surface area (Å²) in [4.78, 5) is 42.1. The summed E-state index contributed by atoms with van der Waals surface area (Å²) in [6.07, 6.45) is 0.658. The normalized spacial score (nSPS) is 10.7. The van der Waals surface area contributed by atoms with Crippen LogP contribution in [0.1, 0.15) is 20.8 Å². The molecular weight excluding hydrogens is 687 g/mol. The number of hydrogen-bond donors (Lipinski definition) is 3. The molecule has 4 aromatic rings. The molecule has 0 saturated heterocycles. The lowest BCUT2D eigenvalue weighted by atomic mass is 10.0. The van der Waals surface area contributed by atoms with Gasteiger partial charge in [0.2, 0.25) is 0 Å². The zero-order valence-corrected chi connectivity index (χ0v) is 23.6. The number of pyridine rings is 1. The second-order valence-corrected chi connectivity index (χ2v) is 10.0. The number of fused-ring (bicyclic) bond motifs is 1. The van der Waals surface area contributed by atoms with E-state index in [1.54, 1.807) is 18.2 Å².